The fourth-order valence-corrected chi connectivity index (χ4v) is 2.57. The third-order valence-electron chi connectivity index (χ3n) is 3.60. The van der Waals surface area contributed by atoms with Crippen molar-refractivity contribution in [2.45, 2.75) is 39.3 Å². The van der Waals surface area contributed by atoms with Crippen molar-refractivity contribution in [1.82, 2.24) is 20.0 Å². The van der Waals surface area contributed by atoms with Crippen molar-refractivity contribution in [1.29, 1.82) is 0 Å². The summed E-state index contributed by atoms with van der Waals surface area (Å²) >= 11 is 6.21. The van der Waals surface area contributed by atoms with Gasteiger partial charge in [-0.15, -0.1) is 0 Å². The monoisotopic (exact) mass is 270 g/mol. The summed E-state index contributed by atoms with van der Waals surface area (Å²) < 4.78 is 1.86. The predicted octanol–water partition coefficient (Wildman–Crippen LogP) is 1.96. The van der Waals surface area contributed by atoms with Crippen LogP contribution >= 0.6 is 11.6 Å². The van der Waals surface area contributed by atoms with E-state index in [1.54, 1.807) is 0 Å². The Balaban J connectivity index is 1.74. The molecule has 0 aliphatic heterocycles. The maximum atomic E-state index is 6.21. The lowest BCUT2D eigenvalue weighted by atomic mass is 10.3. The summed E-state index contributed by atoms with van der Waals surface area (Å²) in [6.45, 7) is 8.24. The van der Waals surface area contributed by atoms with Gasteiger partial charge in [0.25, 0.3) is 0 Å². The van der Waals surface area contributed by atoms with Crippen molar-refractivity contribution in [3.8, 4) is 0 Å². The van der Waals surface area contributed by atoms with Gasteiger partial charge in [-0.05, 0) is 26.3 Å². The molecule has 1 aliphatic carbocycles. The zero-order valence-electron chi connectivity index (χ0n) is 11.5. The maximum Gasteiger partial charge on any atom is 0.0860 e. The zero-order chi connectivity index (χ0) is 13.1. The predicted molar refractivity (Wildman–Crippen MR) is 74.9 cm³/mol. The first kappa shape index (κ1) is 13.8. The molecule has 0 unspecified atom stereocenters. The number of hydrogen-bond acceptors (Lipinski definition) is 3. The van der Waals surface area contributed by atoms with Crippen LogP contribution in [0.2, 0.25) is 5.02 Å². The van der Waals surface area contributed by atoms with E-state index in [-0.39, 0.29) is 0 Å². The SMILES string of the molecule is CCN(CCNCc1c(Cl)c(C)nn1C)C1CC1. The smallest absolute Gasteiger partial charge is 0.0860 e. The molecule has 0 aromatic carbocycles. The zero-order valence-corrected chi connectivity index (χ0v) is 12.3. The van der Waals surface area contributed by atoms with Gasteiger partial charge in [-0.2, -0.15) is 5.10 Å². The first-order valence-corrected chi connectivity index (χ1v) is 7.14. The molecule has 1 aromatic heterocycles. The number of halogens is 1. The van der Waals surface area contributed by atoms with E-state index >= 15 is 0 Å². The van der Waals surface area contributed by atoms with Gasteiger partial charge >= 0.3 is 0 Å². The molecule has 0 atom stereocenters. The second kappa shape index (κ2) is 6.04. The Morgan fingerprint density at radius 2 is 2.22 bits per heavy atom. The Hall–Kier alpha value is -0.580. The molecule has 1 saturated carbocycles. The largest absolute Gasteiger partial charge is 0.310 e. The van der Waals surface area contributed by atoms with Gasteiger partial charge in [0.1, 0.15) is 0 Å². The van der Waals surface area contributed by atoms with E-state index in [2.05, 4.69) is 22.2 Å². The summed E-state index contributed by atoms with van der Waals surface area (Å²) in [6.07, 6.45) is 2.75. The van der Waals surface area contributed by atoms with Crippen molar-refractivity contribution in [3.63, 3.8) is 0 Å². The highest BCUT2D eigenvalue weighted by atomic mass is 35.5. The van der Waals surface area contributed by atoms with Crippen LogP contribution in [0.1, 0.15) is 31.2 Å². The summed E-state index contributed by atoms with van der Waals surface area (Å²) in [5, 5.41) is 8.56. The van der Waals surface area contributed by atoms with Crippen LogP contribution in [-0.2, 0) is 13.6 Å². The van der Waals surface area contributed by atoms with E-state index in [0.717, 1.165) is 48.6 Å². The van der Waals surface area contributed by atoms with E-state index < -0.39 is 0 Å². The Bertz CT molecular complexity index is 398. The minimum absolute atomic E-state index is 0.790. The second-order valence-corrected chi connectivity index (χ2v) is 5.38. The molecule has 2 rings (SSSR count). The van der Waals surface area contributed by atoms with Gasteiger partial charge in [0, 0.05) is 32.7 Å². The molecular weight excluding hydrogens is 248 g/mol. The van der Waals surface area contributed by atoms with E-state index in [1.165, 1.54) is 12.8 Å². The normalized spacial score (nSPS) is 15.6. The third-order valence-corrected chi connectivity index (χ3v) is 4.09. The van der Waals surface area contributed by atoms with Gasteiger partial charge in [0.05, 0.1) is 16.4 Å². The number of nitrogens with one attached hydrogen (secondary N) is 1. The molecule has 1 aromatic rings. The highest BCUT2D eigenvalue weighted by Gasteiger charge is 2.27. The first-order chi connectivity index (χ1) is 8.63. The lowest BCUT2D eigenvalue weighted by Gasteiger charge is -2.19. The number of likely N-dealkylation sites (N-methyl/N-ethyl adjacent to an activating group) is 1. The molecular formula is C13H23ClN4. The maximum absolute atomic E-state index is 6.21. The van der Waals surface area contributed by atoms with Gasteiger partial charge < -0.3 is 5.32 Å². The van der Waals surface area contributed by atoms with E-state index in [0.29, 0.717) is 0 Å². The Kier molecular flexibility index (Phi) is 4.65. The molecule has 0 spiro atoms. The molecule has 1 heterocycles. The first-order valence-electron chi connectivity index (χ1n) is 6.76. The highest BCUT2D eigenvalue weighted by Crippen LogP contribution is 2.25. The number of aromatic nitrogens is 2. The van der Waals surface area contributed by atoms with Crippen LogP contribution in [0, 0.1) is 6.92 Å². The Morgan fingerprint density at radius 1 is 1.50 bits per heavy atom. The number of nitrogens with zero attached hydrogens (tertiary/aromatic N) is 3. The van der Waals surface area contributed by atoms with Crippen molar-refractivity contribution in [3.05, 3.63) is 16.4 Å². The molecule has 1 aliphatic rings. The van der Waals surface area contributed by atoms with E-state index in [9.17, 15) is 0 Å². The van der Waals surface area contributed by atoms with Gasteiger partial charge in [0.2, 0.25) is 0 Å². The molecule has 4 nitrogen and oxygen atoms in total. The van der Waals surface area contributed by atoms with Crippen molar-refractivity contribution in [2.24, 2.45) is 7.05 Å². The van der Waals surface area contributed by atoms with Crippen molar-refractivity contribution in [2.75, 3.05) is 19.6 Å². The fourth-order valence-electron chi connectivity index (χ4n) is 2.34. The van der Waals surface area contributed by atoms with Gasteiger partial charge in [-0.25, -0.2) is 0 Å². The lowest BCUT2D eigenvalue weighted by molar-refractivity contribution is 0.276. The molecule has 0 saturated heterocycles. The number of hydrogen-bond donors (Lipinski definition) is 1. The molecule has 18 heavy (non-hydrogen) atoms. The average Bonchev–Trinajstić information content (AvgIpc) is 3.13. The standard InChI is InChI=1S/C13H23ClN4/c1-4-18(11-5-6-11)8-7-15-9-12-13(14)10(2)16-17(12)3/h11,15H,4-9H2,1-3H3. The Morgan fingerprint density at radius 3 is 2.72 bits per heavy atom. The van der Waals surface area contributed by atoms with Gasteiger partial charge in [-0.3, -0.25) is 9.58 Å². The Labute approximate surface area is 114 Å². The summed E-state index contributed by atoms with van der Waals surface area (Å²) in [5.41, 5.74) is 1.98. The summed E-state index contributed by atoms with van der Waals surface area (Å²) in [4.78, 5) is 2.54. The molecule has 1 fully saturated rings. The molecule has 1 N–H and O–H groups in total. The quantitative estimate of drug-likeness (QED) is 0.769. The van der Waals surface area contributed by atoms with Crippen LogP contribution in [0.15, 0.2) is 0 Å². The van der Waals surface area contributed by atoms with Crippen LogP contribution in [0.25, 0.3) is 0 Å². The second-order valence-electron chi connectivity index (χ2n) is 5.01. The summed E-state index contributed by atoms with van der Waals surface area (Å²) in [6, 6.07) is 0.847. The molecule has 0 radical (unpaired) electrons. The van der Waals surface area contributed by atoms with E-state index in [4.69, 9.17) is 11.6 Å². The fraction of sp³-hybridized carbons (Fsp3) is 0.769. The minimum atomic E-state index is 0.790. The number of aryl methyl sites for hydroxylation is 2. The molecule has 102 valence electrons. The van der Waals surface area contributed by atoms with Crippen LogP contribution in [-0.4, -0.2) is 40.4 Å². The van der Waals surface area contributed by atoms with Crippen molar-refractivity contribution < 1.29 is 0 Å². The average molecular weight is 271 g/mol. The summed E-state index contributed by atoms with van der Waals surface area (Å²) in [5.74, 6) is 0. The summed E-state index contributed by atoms with van der Waals surface area (Å²) in [7, 11) is 1.94. The molecule has 5 heteroatoms. The minimum Gasteiger partial charge on any atom is -0.310 e. The van der Waals surface area contributed by atoms with E-state index in [1.807, 2.05) is 18.7 Å². The topological polar surface area (TPSA) is 33.1 Å². The van der Waals surface area contributed by atoms with Gasteiger partial charge in [0.15, 0.2) is 0 Å². The van der Waals surface area contributed by atoms with Crippen LogP contribution < -0.4 is 5.32 Å². The third kappa shape index (κ3) is 3.25. The van der Waals surface area contributed by atoms with Crippen molar-refractivity contribution >= 4 is 11.6 Å². The molecule has 0 bridgehead atoms. The molecule has 0 amide bonds. The number of rotatable bonds is 7. The lowest BCUT2D eigenvalue weighted by Crippen LogP contribution is -2.33. The van der Waals surface area contributed by atoms with Crippen LogP contribution in [0.5, 0.6) is 0 Å². The van der Waals surface area contributed by atoms with Crippen LogP contribution in [0.4, 0.5) is 0 Å². The highest BCUT2D eigenvalue weighted by molar-refractivity contribution is 6.31. The van der Waals surface area contributed by atoms with Crippen LogP contribution in [0.3, 0.4) is 0 Å². The van der Waals surface area contributed by atoms with Gasteiger partial charge in [-0.1, -0.05) is 18.5 Å².